The van der Waals surface area contributed by atoms with Gasteiger partial charge in [0.05, 0.1) is 0 Å². The van der Waals surface area contributed by atoms with Crippen LogP contribution in [0, 0.1) is 6.92 Å². The molecule has 0 saturated heterocycles. The second-order valence-electron chi connectivity index (χ2n) is 4.09. The van der Waals surface area contributed by atoms with Crippen LogP contribution >= 0.6 is 11.6 Å². The van der Waals surface area contributed by atoms with Gasteiger partial charge >= 0.3 is 0 Å². The maximum atomic E-state index is 11.9. The Morgan fingerprint density at radius 2 is 2.06 bits per heavy atom. The Morgan fingerprint density at radius 1 is 1.35 bits per heavy atom. The zero-order chi connectivity index (χ0) is 12.7. The van der Waals surface area contributed by atoms with E-state index in [-0.39, 0.29) is 5.91 Å². The lowest BCUT2D eigenvalue weighted by Crippen LogP contribution is -2.32. The molecule has 0 unspecified atom stereocenters. The average molecular weight is 254 g/mol. The molecule has 0 aliphatic rings. The van der Waals surface area contributed by atoms with Gasteiger partial charge in [0.2, 0.25) is 5.91 Å². The Morgan fingerprint density at radius 3 is 2.65 bits per heavy atom. The number of amides is 1. The number of hydrogen-bond donors (Lipinski definition) is 0. The Hall–Kier alpha value is -1.02. The summed E-state index contributed by atoms with van der Waals surface area (Å²) in [5, 5.41) is 0. The summed E-state index contributed by atoms with van der Waals surface area (Å²) in [7, 11) is 0. The second-order valence-corrected chi connectivity index (χ2v) is 4.47. The highest BCUT2D eigenvalue weighted by Crippen LogP contribution is 2.10. The highest BCUT2D eigenvalue weighted by atomic mass is 35.5. The summed E-state index contributed by atoms with van der Waals surface area (Å²) in [5.74, 6) is 0.695. The number of carbonyl (C=O) groups is 1. The van der Waals surface area contributed by atoms with E-state index in [1.807, 2.05) is 24.0 Å². The third-order valence-electron chi connectivity index (χ3n) is 2.96. The Balaban J connectivity index is 2.50. The SMILES string of the molecule is CCN(CCCl)C(=O)CCc1ccccc1C. The molecule has 0 aliphatic heterocycles. The van der Waals surface area contributed by atoms with Crippen LogP contribution in [-0.4, -0.2) is 29.8 Å². The van der Waals surface area contributed by atoms with E-state index in [0.717, 1.165) is 13.0 Å². The van der Waals surface area contributed by atoms with Gasteiger partial charge in [-0.05, 0) is 31.4 Å². The maximum Gasteiger partial charge on any atom is 0.222 e. The minimum absolute atomic E-state index is 0.191. The molecule has 0 fully saturated rings. The van der Waals surface area contributed by atoms with Crippen LogP contribution in [0.5, 0.6) is 0 Å². The minimum atomic E-state index is 0.191. The Kier molecular flexibility index (Phi) is 6.06. The predicted octanol–water partition coefficient (Wildman–Crippen LogP) is 3.01. The van der Waals surface area contributed by atoms with Gasteiger partial charge in [0.1, 0.15) is 0 Å². The molecule has 0 aromatic heterocycles. The van der Waals surface area contributed by atoms with Crippen molar-refractivity contribution in [2.75, 3.05) is 19.0 Å². The summed E-state index contributed by atoms with van der Waals surface area (Å²) < 4.78 is 0. The number of aryl methyl sites for hydroxylation is 2. The van der Waals surface area contributed by atoms with E-state index in [4.69, 9.17) is 11.6 Å². The highest BCUT2D eigenvalue weighted by molar-refractivity contribution is 6.18. The summed E-state index contributed by atoms with van der Waals surface area (Å²) in [6.45, 7) is 5.44. The van der Waals surface area contributed by atoms with Crippen molar-refractivity contribution in [2.24, 2.45) is 0 Å². The molecule has 1 rings (SSSR count). The average Bonchev–Trinajstić information content (AvgIpc) is 2.34. The number of halogens is 1. The van der Waals surface area contributed by atoms with Gasteiger partial charge in [0.15, 0.2) is 0 Å². The summed E-state index contributed by atoms with van der Waals surface area (Å²) in [6.07, 6.45) is 1.37. The fourth-order valence-corrected chi connectivity index (χ4v) is 2.06. The van der Waals surface area contributed by atoms with E-state index < -0.39 is 0 Å². The van der Waals surface area contributed by atoms with Gasteiger partial charge in [-0.1, -0.05) is 24.3 Å². The smallest absolute Gasteiger partial charge is 0.222 e. The van der Waals surface area contributed by atoms with Crippen LogP contribution in [0.3, 0.4) is 0 Å². The molecule has 0 spiro atoms. The first-order valence-corrected chi connectivity index (χ1v) is 6.60. The Bertz CT molecular complexity index is 365. The molecule has 0 heterocycles. The summed E-state index contributed by atoms with van der Waals surface area (Å²) in [4.78, 5) is 13.7. The molecular formula is C14H20ClNO. The largest absolute Gasteiger partial charge is 0.342 e. The van der Waals surface area contributed by atoms with Crippen molar-refractivity contribution in [2.45, 2.75) is 26.7 Å². The van der Waals surface area contributed by atoms with E-state index in [2.05, 4.69) is 19.1 Å². The van der Waals surface area contributed by atoms with E-state index in [1.165, 1.54) is 11.1 Å². The molecule has 0 atom stereocenters. The third kappa shape index (κ3) is 4.39. The second kappa shape index (κ2) is 7.33. The molecule has 3 heteroatoms. The Labute approximate surface area is 109 Å². The first-order chi connectivity index (χ1) is 8.19. The maximum absolute atomic E-state index is 11.9. The molecule has 94 valence electrons. The van der Waals surface area contributed by atoms with Gasteiger partial charge in [0, 0.05) is 25.4 Å². The first-order valence-electron chi connectivity index (χ1n) is 6.07. The van der Waals surface area contributed by atoms with Crippen LogP contribution < -0.4 is 0 Å². The van der Waals surface area contributed by atoms with E-state index in [0.29, 0.717) is 18.8 Å². The summed E-state index contributed by atoms with van der Waals surface area (Å²) in [6, 6.07) is 8.20. The summed E-state index contributed by atoms with van der Waals surface area (Å²) in [5.41, 5.74) is 2.50. The molecule has 1 aromatic rings. The molecule has 17 heavy (non-hydrogen) atoms. The lowest BCUT2D eigenvalue weighted by molar-refractivity contribution is -0.130. The molecule has 1 amide bonds. The van der Waals surface area contributed by atoms with Crippen LogP contribution in [0.2, 0.25) is 0 Å². The lowest BCUT2D eigenvalue weighted by atomic mass is 10.0. The number of hydrogen-bond acceptors (Lipinski definition) is 1. The van der Waals surface area contributed by atoms with Crippen LogP contribution in [0.1, 0.15) is 24.5 Å². The van der Waals surface area contributed by atoms with Crippen LogP contribution in [-0.2, 0) is 11.2 Å². The standard InChI is InChI=1S/C14H20ClNO/c1-3-16(11-10-15)14(17)9-8-13-7-5-4-6-12(13)2/h4-7H,3,8-11H2,1-2H3. The van der Waals surface area contributed by atoms with Gasteiger partial charge < -0.3 is 4.90 Å². The van der Waals surface area contributed by atoms with Gasteiger partial charge in [-0.25, -0.2) is 0 Å². The predicted molar refractivity (Wildman–Crippen MR) is 72.5 cm³/mol. The number of nitrogens with zero attached hydrogens (tertiary/aromatic N) is 1. The zero-order valence-electron chi connectivity index (χ0n) is 10.6. The van der Waals surface area contributed by atoms with Crippen molar-refractivity contribution in [1.29, 1.82) is 0 Å². The quantitative estimate of drug-likeness (QED) is 0.714. The van der Waals surface area contributed by atoms with Crippen molar-refractivity contribution in [3.05, 3.63) is 35.4 Å². The number of benzene rings is 1. The van der Waals surface area contributed by atoms with Crippen LogP contribution in [0.25, 0.3) is 0 Å². The van der Waals surface area contributed by atoms with Crippen molar-refractivity contribution >= 4 is 17.5 Å². The molecule has 0 saturated carbocycles. The highest BCUT2D eigenvalue weighted by Gasteiger charge is 2.11. The lowest BCUT2D eigenvalue weighted by Gasteiger charge is -2.19. The molecule has 0 radical (unpaired) electrons. The van der Waals surface area contributed by atoms with E-state index in [9.17, 15) is 4.79 Å². The van der Waals surface area contributed by atoms with E-state index in [1.54, 1.807) is 0 Å². The van der Waals surface area contributed by atoms with Gasteiger partial charge in [-0.3, -0.25) is 4.79 Å². The normalized spacial score (nSPS) is 10.3. The molecule has 0 bridgehead atoms. The van der Waals surface area contributed by atoms with Crippen molar-refractivity contribution in [3.8, 4) is 0 Å². The van der Waals surface area contributed by atoms with Gasteiger partial charge in [-0.15, -0.1) is 11.6 Å². The molecular weight excluding hydrogens is 234 g/mol. The van der Waals surface area contributed by atoms with E-state index >= 15 is 0 Å². The van der Waals surface area contributed by atoms with Crippen LogP contribution in [0.4, 0.5) is 0 Å². The molecule has 1 aromatic carbocycles. The van der Waals surface area contributed by atoms with Crippen molar-refractivity contribution in [1.82, 2.24) is 4.90 Å². The van der Waals surface area contributed by atoms with Gasteiger partial charge in [-0.2, -0.15) is 0 Å². The molecule has 0 aliphatic carbocycles. The molecule has 0 N–H and O–H groups in total. The zero-order valence-corrected chi connectivity index (χ0v) is 11.3. The number of carbonyl (C=O) groups excluding carboxylic acids is 1. The fraction of sp³-hybridized carbons (Fsp3) is 0.500. The number of alkyl halides is 1. The van der Waals surface area contributed by atoms with Crippen molar-refractivity contribution < 1.29 is 4.79 Å². The summed E-state index contributed by atoms with van der Waals surface area (Å²) >= 11 is 5.67. The monoisotopic (exact) mass is 253 g/mol. The van der Waals surface area contributed by atoms with Crippen molar-refractivity contribution in [3.63, 3.8) is 0 Å². The minimum Gasteiger partial charge on any atom is -0.342 e. The first kappa shape index (κ1) is 14.0. The van der Waals surface area contributed by atoms with Crippen LogP contribution in [0.15, 0.2) is 24.3 Å². The third-order valence-corrected chi connectivity index (χ3v) is 3.13. The topological polar surface area (TPSA) is 20.3 Å². The molecule has 2 nitrogen and oxygen atoms in total. The van der Waals surface area contributed by atoms with Gasteiger partial charge in [0.25, 0.3) is 0 Å². The number of rotatable bonds is 6. The fourth-order valence-electron chi connectivity index (χ4n) is 1.85.